The lowest BCUT2D eigenvalue weighted by Gasteiger charge is -2.46. The van der Waals surface area contributed by atoms with E-state index >= 15 is 0 Å². The van der Waals surface area contributed by atoms with Crippen LogP contribution in [0.15, 0.2) is 30.3 Å². The molecule has 5 nitrogen and oxygen atoms in total. The van der Waals surface area contributed by atoms with Crippen LogP contribution in [-0.2, 0) is 0 Å². The number of β-amino-alcohol motifs (C(OH)–C–C–N with tert-alkyl or cyclic N) is 1. The number of benzene rings is 2. The van der Waals surface area contributed by atoms with Gasteiger partial charge in [-0.1, -0.05) is 19.9 Å². The highest BCUT2D eigenvalue weighted by Gasteiger charge is 2.44. The molecule has 3 rings (SSSR count). The van der Waals surface area contributed by atoms with E-state index in [1.807, 2.05) is 13.8 Å². The van der Waals surface area contributed by atoms with E-state index in [-0.39, 0.29) is 37.4 Å². The Morgan fingerprint density at radius 2 is 1.74 bits per heavy atom. The van der Waals surface area contributed by atoms with E-state index in [1.165, 1.54) is 12.1 Å². The number of halogens is 6. The number of likely N-dealkylation sites (tertiary alicyclic amines) is 1. The summed E-state index contributed by atoms with van der Waals surface area (Å²) in [5.41, 5.74) is -1.85. The Morgan fingerprint density at radius 3 is 2.32 bits per heavy atom. The summed E-state index contributed by atoms with van der Waals surface area (Å²) in [4.78, 5) is 13.9. The standard InChI is InChI=1S/C21H21F6N3O2.C2H6/c1-12-2-5-16(15(23)8-12)29-18-13(3-4-14(22)17(18)24)19(31)30-10-20(32,11-30)9-28-7-6-21(25,26)27;1-2/h2-5,8,28-29,32H,6-7,9-11H2,1H3;1-2H3. The Kier molecular flexibility index (Phi) is 8.96. The summed E-state index contributed by atoms with van der Waals surface area (Å²) in [6.45, 7) is 4.64. The molecule has 0 saturated carbocycles. The van der Waals surface area contributed by atoms with Gasteiger partial charge in [0.25, 0.3) is 5.91 Å². The molecule has 0 bridgehead atoms. The number of anilines is 2. The smallest absolute Gasteiger partial charge is 0.385 e. The summed E-state index contributed by atoms with van der Waals surface area (Å²) in [5, 5.41) is 15.2. The van der Waals surface area contributed by atoms with Gasteiger partial charge in [0.05, 0.1) is 36.4 Å². The van der Waals surface area contributed by atoms with Crippen LogP contribution < -0.4 is 10.6 Å². The van der Waals surface area contributed by atoms with E-state index in [0.717, 1.165) is 17.0 Å². The normalized spacial score (nSPS) is 14.7. The van der Waals surface area contributed by atoms with Crippen molar-refractivity contribution in [3.05, 3.63) is 58.9 Å². The van der Waals surface area contributed by atoms with E-state index < -0.39 is 47.2 Å². The van der Waals surface area contributed by atoms with Gasteiger partial charge >= 0.3 is 6.18 Å². The SMILES string of the molecule is CC.Cc1ccc(Nc2c(C(=O)N3CC(O)(CNCCC(F)(F)F)C3)ccc(F)c2F)c(F)c1. The number of amides is 1. The lowest BCUT2D eigenvalue weighted by Crippen LogP contribution is -2.67. The van der Waals surface area contributed by atoms with Crippen molar-refractivity contribution < 1.29 is 36.2 Å². The minimum absolute atomic E-state index is 0.164. The predicted molar refractivity (Wildman–Crippen MR) is 117 cm³/mol. The quantitative estimate of drug-likeness (QED) is 0.381. The van der Waals surface area contributed by atoms with Crippen molar-refractivity contribution in [2.45, 2.75) is 39.0 Å². The molecule has 1 heterocycles. The van der Waals surface area contributed by atoms with Crippen LogP contribution >= 0.6 is 0 Å². The maximum absolute atomic E-state index is 14.5. The van der Waals surface area contributed by atoms with Crippen LogP contribution in [0, 0.1) is 24.4 Å². The third-order valence-corrected chi connectivity index (χ3v) is 5.01. The number of nitrogens with zero attached hydrogens (tertiary/aromatic N) is 1. The van der Waals surface area contributed by atoms with Crippen molar-refractivity contribution in [3.8, 4) is 0 Å². The second-order valence-electron chi connectivity index (χ2n) is 7.82. The van der Waals surface area contributed by atoms with Crippen molar-refractivity contribution in [3.63, 3.8) is 0 Å². The van der Waals surface area contributed by atoms with Crippen molar-refractivity contribution in [2.75, 3.05) is 31.5 Å². The molecule has 1 aliphatic rings. The van der Waals surface area contributed by atoms with Crippen molar-refractivity contribution >= 4 is 17.3 Å². The molecule has 1 saturated heterocycles. The maximum atomic E-state index is 14.5. The summed E-state index contributed by atoms with van der Waals surface area (Å²) in [5.74, 6) is -4.10. The van der Waals surface area contributed by atoms with Crippen molar-refractivity contribution in [1.29, 1.82) is 0 Å². The van der Waals surface area contributed by atoms with E-state index in [9.17, 15) is 36.2 Å². The zero-order valence-electron chi connectivity index (χ0n) is 19.0. The number of hydrogen-bond donors (Lipinski definition) is 3. The second-order valence-corrected chi connectivity index (χ2v) is 7.82. The fraction of sp³-hybridized carbons (Fsp3) is 0.435. The molecule has 2 aromatic carbocycles. The van der Waals surface area contributed by atoms with Gasteiger partial charge in [-0.25, -0.2) is 13.2 Å². The van der Waals surface area contributed by atoms with Crippen molar-refractivity contribution in [1.82, 2.24) is 10.2 Å². The summed E-state index contributed by atoms with van der Waals surface area (Å²) < 4.78 is 79.0. The lowest BCUT2D eigenvalue weighted by molar-refractivity contribution is -0.134. The van der Waals surface area contributed by atoms with Gasteiger partial charge in [-0.15, -0.1) is 0 Å². The Balaban J connectivity index is 0.00000199. The number of carbonyl (C=O) groups excluding carboxylic acids is 1. The van der Waals surface area contributed by atoms with Crippen LogP contribution in [0.4, 0.5) is 37.7 Å². The van der Waals surface area contributed by atoms with E-state index in [4.69, 9.17) is 0 Å². The van der Waals surface area contributed by atoms with Crippen molar-refractivity contribution in [2.24, 2.45) is 0 Å². The third kappa shape index (κ3) is 6.86. The molecular formula is C23H27F6N3O2. The van der Waals surface area contributed by atoms with Gasteiger partial charge in [0.15, 0.2) is 11.6 Å². The minimum atomic E-state index is -4.33. The zero-order chi connectivity index (χ0) is 25.7. The first kappa shape index (κ1) is 27.5. The van der Waals surface area contributed by atoms with Crippen LogP contribution in [0.3, 0.4) is 0 Å². The molecule has 1 aliphatic heterocycles. The average Bonchev–Trinajstić information content (AvgIpc) is 2.74. The second kappa shape index (κ2) is 11.1. The molecule has 0 aliphatic carbocycles. The number of aryl methyl sites for hydroxylation is 1. The van der Waals surface area contributed by atoms with Crippen LogP contribution in [0.2, 0.25) is 0 Å². The molecule has 2 aromatic rings. The van der Waals surface area contributed by atoms with Crippen LogP contribution in [0.5, 0.6) is 0 Å². The molecule has 0 atom stereocenters. The zero-order valence-corrected chi connectivity index (χ0v) is 19.0. The molecule has 0 spiro atoms. The first-order chi connectivity index (χ1) is 15.9. The molecule has 1 fully saturated rings. The molecule has 188 valence electrons. The van der Waals surface area contributed by atoms with Crippen LogP contribution in [-0.4, -0.2) is 53.9 Å². The van der Waals surface area contributed by atoms with Gasteiger partial charge in [0, 0.05) is 13.1 Å². The molecule has 0 aromatic heterocycles. The number of hydrogen-bond acceptors (Lipinski definition) is 4. The fourth-order valence-corrected chi connectivity index (χ4v) is 3.35. The van der Waals surface area contributed by atoms with Gasteiger partial charge in [-0.3, -0.25) is 4.79 Å². The maximum Gasteiger partial charge on any atom is 0.390 e. The highest BCUT2D eigenvalue weighted by Crippen LogP contribution is 2.31. The number of carbonyl (C=O) groups is 1. The summed E-state index contributed by atoms with van der Waals surface area (Å²) >= 11 is 0. The monoisotopic (exact) mass is 491 g/mol. The molecule has 0 unspecified atom stereocenters. The summed E-state index contributed by atoms with van der Waals surface area (Å²) in [6, 6.07) is 5.84. The average molecular weight is 491 g/mol. The fourth-order valence-electron chi connectivity index (χ4n) is 3.35. The van der Waals surface area contributed by atoms with E-state index in [0.29, 0.717) is 5.56 Å². The Morgan fingerprint density at radius 1 is 1.09 bits per heavy atom. The number of alkyl halides is 3. The van der Waals surface area contributed by atoms with Gasteiger partial charge in [-0.05, 0) is 36.8 Å². The molecule has 34 heavy (non-hydrogen) atoms. The first-order valence-electron chi connectivity index (χ1n) is 10.7. The largest absolute Gasteiger partial charge is 0.390 e. The summed E-state index contributed by atoms with van der Waals surface area (Å²) in [6.07, 6.45) is -5.39. The Bertz CT molecular complexity index is 1010. The van der Waals surface area contributed by atoms with Gasteiger partial charge in [0.2, 0.25) is 0 Å². The van der Waals surface area contributed by atoms with Crippen LogP contribution in [0.1, 0.15) is 36.2 Å². The molecule has 1 amide bonds. The lowest BCUT2D eigenvalue weighted by atomic mass is 9.92. The third-order valence-electron chi connectivity index (χ3n) is 5.01. The minimum Gasteiger partial charge on any atom is -0.385 e. The van der Waals surface area contributed by atoms with Gasteiger partial charge in [-0.2, -0.15) is 13.2 Å². The number of rotatable bonds is 7. The Labute approximate surface area is 193 Å². The van der Waals surface area contributed by atoms with E-state index in [1.54, 1.807) is 13.0 Å². The van der Waals surface area contributed by atoms with E-state index in [2.05, 4.69) is 10.6 Å². The summed E-state index contributed by atoms with van der Waals surface area (Å²) in [7, 11) is 0. The predicted octanol–water partition coefficient (Wildman–Crippen LogP) is 4.91. The van der Waals surface area contributed by atoms with Gasteiger partial charge in [0.1, 0.15) is 11.4 Å². The Hall–Kier alpha value is -2.79. The highest BCUT2D eigenvalue weighted by atomic mass is 19.4. The number of nitrogens with one attached hydrogen (secondary N) is 2. The topological polar surface area (TPSA) is 64.6 Å². The highest BCUT2D eigenvalue weighted by molar-refractivity contribution is 6.01. The van der Waals surface area contributed by atoms with Gasteiger partial charge < -0.3 is 20.6 Å². The van der Waals surface area contributed by atoms with Crippen LogP contribution in [0.25, 0.3) is 0 Å². The molecule has 3 N–H and O–H groups in total. The molecule has 0 radical (unpaired) electrons. The molecule has 11 heteroatoms. The number of aliphatic hydroxyl groups is 1. The first-order valence-corrected chi connectivity index (χ1v) is 10.7. The molecular weight excluding hydrogens is 464 g/mol.